The average molecular weight is 962 g/mol. The maximum absolute atomic E-state index is 15.2. The summed E-state index contributed by atoms with van der Waals surface area (Å²) in [5, 5.41) is 12.1. The highest BCUT2D eigenvalue weighted by atomic mass is 19.4. The number of carbonyl (C=O) groups is 3. The zero-order valence-electron chi connectivity index (χ0n) is 38.2. The minimum Gasteiger partial charge on any atom is -0.480 e. The number of carboxylic acids is 1. The van der Waals surface area contributed by atoms with Crippen molar-refractivity contribution in [3.05, 3.63) is 153 Å². The number of anilines is 1. The van der Waals surface area contributed by atoms with E-state index in [0.717, 1.165) is 57.3 Å². The van der Waals surface area contributed by atoms with Gasteiger partial charge in [0.15, 0.2) is 0 Å². The normalized spacial score (nSPS) is 16.2. The van der Waals surface area contributed by atoms with Crippen LogP contribution in [0.25, 0.3) is 11.4 Å². The summed E-state index contributed by atoms with van der Waals surface area (Å²) < 4.78 is 70.6. The van der Waals surface area contributed by atoms with Crippen molar-refractivity contribution in [2.75, 3.05) is 31.8 Å². The summed E-state index contributed by atoms with van der Waals surface area (Å²) >= 11 is 0. The maximum atomic E-state index is 15.2. The van der Waals surface area contributed by atoms with Gasteiger partial charge in [-0.05, 0) is 105 Å². The lowest BCUT2D eigenvalue weighted by atomic mass is 10.0. The molecule has 5 aromatic rings. The Morgan fingerprint density at radius 3 is 1.78 bits per heavy atom. The first kappa shape index (κ1) is 49.8. The van der Waals surface area contributed by atoms with Crippen molar-refractivity contribution in [3.8, 4) is 11.4 Å². The molecule has 0 bridgehead atoms. The number of methoxy groups -OCH3 is 1. The number of aromatic nitrogens is 4. The number of carbonyl (C=O) groups excluding carboxylic acids is 2. The Morgan fingerprint density at radius 2 is 1.32 bits per heavy atom. The van der Waals surface area contributed by atoms with E-state index in [0.29, 0.717) is 48.2 Å². The van der Waals surface area contributed by atoms with Gasteiger partial charge in [-0.15, -0.1) is 0 Å². The number of hydrogen-bond donors (Lipinski definition) is 3. The number of aliphatic carboxylic acids is 1. The number of amides is 1. The molecule has 2 aromatic heterocycles. The Balaban J connectivity index is 0.000000238. The molecule has 1 saturated heterocycles. The minimum atomic E-state index is -4.62. The van der Waals surface area contributed by atoms with E-state index < -0.39 is 71.4 Å². The molecule has 8 rings (SSSR count). The molecule has 1 amide bonds. The lowest BCUT2D eigenvalue weighted by molar-refractivity contribution is -0.167. The zero-order valence-corrected chi connectivity index (χ0v) is 38.2. The van der Waals surface area contributed by atoms with E-state index in [1.807, 2.05) is 0 Å². The summed E-state index contributed by atoms with van der Waals surface area (Å²) in [7, 11) is 4.60. The van der Waals surface area contributed by atoms with Gasteiger partial charge in [-0.25, -0.2) is 27.9 Å². The number of benzene rings is 3. The van der Waals surface area contributed by atoms with Crippen molar-refractivity contribution in [1.29, 1.82) is 0 Å². The highest BCUT2D eigenvalue weighted by molar-refractivity contribution is 5.98. The van der Waals surface area contributed by atoms with Gasteiger partial charge in [0.1, 0.15) is 23.9 Å². The Morgan fingerprint density at radius 1 is 0.812 bits per heavy atom. The molecule has 0 unspecified atom stereocenters. The van der Waals surface area contributed by atoms with Gasteiger partial charge >= 0.3 is 29.5 Å². The zero-order chi connectivity index (χ0) is 50.1. The van der Waals surface area contributed by atoms with Crippen LogP contribution in [0.15, 0.2) is 79.8 Å². The highest BCUT2D eigenvalue weighted by Gasteiger charge is 2.46. The van der Waals surface area contributed by atoms with Crippen molar-refractivity contribution in [2.45, 2.75) is 82.6 Å². The van der Waals surface area contributed by atoms with Crippen LogP contribution >= 0.6 is 0 Å². The number of carboxylic acid groups (broad SMARTS) is 1. The maximum Gasteiger partial charge on any atom is 0.411 e. The van der Waals surface area contributed by atoms with Gasteiger partial charge in [0.25, 0.3) is 17.0 Å². The first-order valence-corrected chi connectivity index (χ1v) is 22.2. The Bertz CT molecular complexity index is 3030. The van der Waals surface area contributed by atoms with Crippen molar-refractivity contribution < 1.29 is 46.5 Å². The number of esters is 1. The van der Waals surface area contributed by atoms with Gasteiger partial charge in [-0.1, -0.05) is 24.3 Å². The fourth-order valence-electron chi connectivity index (χ4n) is 9.17. The van der Waals surface area contributed by atoms with Crippen molar-refractivity contribution in [2.24, 2.45) is 19.8 Å². The SMILES string of the molecule is COC(=O)[C@@H](N)Cc1ccc(-n2c(=O)c3c(n(C)c2=O)CCC3)cc1.Cc1cc(N2CCOC[C@@H]2C(F)(F)F)cc(F)c1C(=O)N[C@@H](Cc1ccc(-n2c(=O)c3c(n(C)c2=O)CCC3)cc1)C(=O)O. The van der Waals surface area contributed by atoms with Crippen LogP contribution in [0.2, 0.25) is 0 Å². The number of nitrogens with zero attached hydrogens (tertiary/aromatic N) is 5. The average Bonchev–Trinajstić information content (AvgIpc) is 4.03. The molecule has 4 N–H and O–H groups in total. The van der Waals surface area contributed by atoms with Crippen molar-refractivity contribution in [3.63, 3.8) is 0 Å². The van der Waals surface area contributed by atoms with Crippen LogP contribution < -0.4 is 38.4 Å². The van der Waals surface area contributed by atoms with Crippen LogP contribution in [0, 0.1) is 12.7 Å². The van der Waals surface area contributed by atoms with Crippen LogP contribution in [0.1, 0.15) is 62.4 Å². The monoisotopic (exact) mass is 961 g/mol. The van der Waals surface area contributed by atoms with Gasteiger partial charge < -0.3 is 39.7 Å². The summed E-state index contributed by atoms with van der Waals surface area (Å²) in [6.07, 6.45) is -0.143. The molecule has 69 heavy (non-hydrogen) atoms. The summed E-state index contributed by atoms with van der Waals surface area (Å²) in [5.74, 6) is -4.02. The smallest absolute Gasteiger partial charge is 0.411 e. The standard InChI is InChI=1S/C30H30F4N4O6.C18H21N3O4/c1-16-12-19(37-10-11-44-15-24(37)30(32,33)34)14-21(31)25(16)26(39)35-22(28(41)42)13-17-6-8-18(9-7-17)38-27(40)20-4-3-5-23(20)36(2)29(38)43;1-20-15-5-3-4-13(15)16(22)21(18(20)24)12-8-6-11(7-9-12)10-14(19)17(23)25-2/h6-9,12,14,22,24H,3-5,10-11,13,15H2,1-2H3,(H,35,39)(H,41,42);6-9,14H,3-5,10,19H2,1-2H3/t22-,24+;14-/m00/s1. The second-order valence-electron chi connectivity index (χ2n) is 17.2. The number of alkyl halides is 3. The number of fused-ring (bicyclic) bond motifs is 2. The van der Waals surface area contributed by atoms with Gasteiger partial charge in [-0.3, -0.25) is 19.2 Å². The number of ether oxygens (including phenoxy) is 2. The summed E-state index contributed by atoms with van der Waals surface area (Å²) in [5.41, 5.74) is 8.71. The van der Waals surface area contributed by atoms with Crippen molar-refractivity contribution >= 4 is 23.5 Å². The van der Waals surface area contributed by atoms with E-state index in [2.05, 4.69) is 10.1 Å². The fourth-order valence-corrected chi connectivity index (χ4v) is 9.17. The van der Waals surface area contributed by atoms with E-state index in [4.69, 9.17) is 10.5 Å². The van der Waals surface area contributed by atoms with Crippen LogP contribution in [-0.2, 0) is 71.7 Å². The molecule has 1 aliphatic heterocycles. The van der Waals surface area contributed by atoms with Crippen LogP contribution in [0.4, 0.5) is 23.2 Å². The number of morpholine rings is 1. The predicted molar refractivity (Wildman–Crippen MR) is 244 cm³/mol. The number of halogens is 4. The topological polar surface area (TPSA) is 219 Å². The number of nitrogens with two attached hydrogens (primary N) is 1. The van der Waals surface area contributed by atoms with E-state index in [-0.39, 0.29) is 42.1 Å². The molecule has 3 atom stereocenters. The molecule has 3 aliphatic rings. The molecular formula is C48H51F4N7O10. The number of rotatable bonds is 11. The first-order valence-electron chi connectivity index (χ1n) is 22.2. The van der Waals surface area contributed by atoms with Crippen molar-refractivity contribution in [1.82, 2.24) is 23.6 Å². The third-order valence-corrected chi connectivity index (χ3v) is 12.8. The molecular weight excluding hydrogens is 911 g/mol. The van der Waals surface area contributed by atoms with Gasteiger partial charge in [0, 0.05) is 55.3 Å². The largest absolute Gasteiger partial charge is 0.480 e. The quantitative estimate of drug-likeness (QED) is 0.129. The molecule has 1 fully saturated rings. The molecule has 2 aliphatic carbocycles. The third-order valence-electron chi connectivity index (χ3n) is 12.8. The Hall–Kier alpha value is -7.13. The number of aryl methyl sites for hydroxylation is 1. The van der Waals surface area contributed by atoms with Gasteiger partial charge in [0.2, 0.25) is 0 Å². The second-order valence-corrected chi connectivity index (χ2v) is 17.2. The lowest BCUT2D eigenvalue weighted by Crippen LogP contribution is -2.53. The fraction of sp³-hybridized carbons (Fsp3) is 0.396. The van der Waals surface area contributed by atoms with E-state index in [1.165, 1.54) is 53.5 Å². The molecule has 3 heterocycles. The predicted octanol–water partition coefficient (Wildman–Crippen LogP) is 2.73. The third kappa shape index (κ3) is 10.2. The lowest BCUT2D eigenvalue weighted by Gasteiger charge is -2.38. The Labute approximate surface area is 391 Å². The van der Waals surface area contributed by atoms with Crippen LogP contribution in [0.5, 0.6) is 0 Å². The van der Waals surface area contributed by atoms with E-state index in [9.17, 15) is 51.8 Å². The first-order chi connectivity index (χ1) is 32.7. The second kappa shape index (κ2) is 20.2. The summed E-state index contributed by atoms with van der Waals surface area (Å²) in [6.45, 7) is 0.611. The molecule has 366 valence electrons. The van der Waals surface area contributed by atoms with Gasteiger partial charge in [-0.2, -0.15) is 13.2 Å². The van der Waals surface area contributed by atoms with E-state index in [1.54, 1.807) is 42.9 Å². The molecule has 21 heteroatoms. The van der Waals surface area contributed by atoms with E-state index >= 15 is 4.39 Å². The van der Waals surface area contributed by atoms with Crippen LogP contribution in [-0.4, -0.2) is 92.4 Å². The molecule has 0 saturated carbocycles. The highest BCUT2D eigenvalue weighted by Crippen LogP contribution is 2.33. The van der Waals surface area contributed by atoms with Crippen LogP contribution in [0.3, 0.4) is 0 Å². The minimum absolute atomic E-state index is 0.0114. The molecule has 17 nitrogen and oxygen atoms in total. The molecule has 0 radical (unpaired) electrons. The Kier molecular flexibility index (Phi) is 14.6. The molecule has 0 spiro atoms. The summed E-state index contributed by atoms with van der Waals surface area (Å²) in [4.78, 5) is 88.6. The number of nitrogens with one attached hydrogen (secondary N) is 1. The number of hydrogen-bond acceptors (Lipinski definition) is 11. The summed E-state index contributed by atoms with van der Waals surface area (Å²) in [6, 6.07) is 10.8. The van der Waals surface area contributed by atoms with Gasteiger partial charge in [0.05, 0.1) is 37.3 Å². The molecule has 3 aromatic carbocycles.